The van der Waals surface area contributed by atoms with Gasteiger partial charge in [-0.05, 0) is 45.1 Å². The van der Waals surface area contributed by atoms with Crippen molar-refractivity contribution in [3.05, 3.63) is 23.8 Å². The van der Waals surface area contributed by atoms with E-state index >= 15 is 0 Å². The summed E-state index contributed by atoms with van der Waals surface area (Å²) in [5.74, 6) is -1.31. The Kier molecular flexibility index (Phi) is 10.4. The van der Waals surface area contributed by atoms with Crippen LogP contribution in [0.25, 0.3) is 0 Å². The van der Waals surface area contributed by atoms with Gasteiger partial charge in [0.25, 0.3) is 0 Å². The van der Waals surface area contributed by atoms with Crippen molar-refractivity contribution in [1.29, 1.82) is 0 Å². The molecule has 0 fully saturated rings. The predicted octanol–water partition coefficient (Wildman–Crippen LogP) is 2.52. The number of aliphatic hydroxyl groups is 1. The number of carboxylic acids is 1. The number of thioether (sulfide) groups is 1. The van der Waals surface area contributed by atoms with Gasteiger partial charge in [0, 0.05) is 18.1 Å². The topological polar surface area (TPSA) is 119 Å². The van der Waals surface area contributed by atoms with Gasteiger partial charge in [-0.25, -0.2) is 0 Å². The molecule has 0 unspecified atom stereocenters. The number of rotatable bonds is 5. The van der Waals surface area contributed by atoms with Gasteiger partial charge in [-0.1, -0.05) is 25.2 Å². The average Bonchev–Trinajstić information content (AvgIpc) is 2.63. The van der Waals surface area contributed by atoms with Gasteiger partial charge in [0.2, 0.25) is 0 Å². The fraction of sp³-hybridized carbons (Fsp3) is 0.714. The van der Waals surface area contributed by atoms with Crippen molar-refractivity contribution in [1.82, 2.24) is 0 Å². The Morgan fingerprint density at radius 3 is 2.72 bits per heavy atom. The third kappa shape index (κ3) is 8.50. The second-order valence-electron chi connectivity index (χ2n) is 7.91. The summed E-state index contributed by atoms with van der Waals surface area (Å²) in [6.45, 7) is 7.47. The molecule has 6 atom stereocenters. The smallest absolute Gasteiger partial charge is 0.321 e. The zero-order valence-corrected chi connectivity index (χ0v) is 18.8. The number of nitrogens with two attached hydrogens (primary N) is 1. The number of allylic oxidation sites excluding steroid dienone is 1. The zero-order chi connectivity index (χ0) is 22.2. The Morgan fingerprint density at radius 1 is 1.48 bits per heavy atom. The lowest BCUT2D eigenvalue weighted by atomic mass is 9.95. The Balaban J connectivity index is 3.17. The maximum absolute atomic E-state index is 12.5. The fourth-order valence-corrected chi connectivity index (χ4v) is 4.23. The first-order valence-electron chi connectivity index (χ1n) is 9.88. The maximum Gasteiger partial charge on any atom is 0.321 e. The highest BCUT2D eigenvalue weighted by Gasteiger charge is 2.34. The minimum absolute atomic E-state index is 0.0577. The first kappa shape index (κ1) is 25.7. The summed E-state index contributed by atoms with van der Waals surface area (Å²) in [4.78, 5) is 23.5. The van der Waals surface area contributed by atoms with E-state index in [0.29, 0.717) is 0 Å². The summed E-state index contributed by atoms with van der Waals surface area (Å²) < 4.78 is 11.1. The van der Waals surface area contributed by atoms with Crippen molar-refractivity contribution in [2.24, 2.45) is 11.7 Å². The molecule has 0 saturated carbocycles. The highest BCUT2D eigenvalue weighted by atomic mass is 32.2. The normalized spacial score (nSPS) is 34.4. The molecule has 1 aliphatic heterocycles. The van der Waals surface area contributed by atoms with Crippen molar-refractivity contribution >= 4 is 23.7 Å². The van der Waals surface area contributed by atoms with Gasteiger partial charge in [0.1, 0.15) is 12.1 Å². The van der Waals surface area contributed by atoms with Crippen LogP contribution in [0.2, 0.25) is 0 Å². The van der Waals surface area contributed by atoms with Gasteiger partial charge in [-0.15, -0.1) is 0 Å². The molecule has 0 saturated heterocycles. The first-order chi connectivity index (χ1) is 13.5. The molecule has 1 rings (SSSR count). The summed E-state index contributed by atoms with van der Waals surface area (Å²) in [6, 6.07) is -1.08. The number of hydrogen-bond donors (Lipinski definition) is 3. The summed E-state index contributed by atoms with van der Waals surface area (Å²) in [6.07, 6.45) is 6.56. The van der Waals surface area contributed by atoms with Crippen molar-refractivity contribution < 1.29 is 29.3 Å². The van der Waals surface area contributed by atoms with Gasteiger partial charge in [0.15, 0.2) is 0 Å². The number of methoxy groups -OCH3 is 1. The van der Waals surface area contributed by atoms with Crippen LogP contribution in [0.1, 0.15) is 47.0 Å². The largest absolute Gasteiger partial charge is 0.480 e. The van der Waals surface area contributed by atoms with Crippen molar-refractivity contribution in [2.75, 3.05) is 12.9 Å². The fourth-order valence-electron chi connectivity index (χ4n) is 2.98. The van der Waals surface area contributed by atoms with E-state index in [9.17, 15) is 14.7 Å². The summed E-state index contributed by atoms with van der Waals surface area (Å²) in [5.41, 5.74) is 5.25. The SMILES string of the molecule is CO[C@H]1/C=C/[C@@](C)(O)[C@H](SC[C@H](N)C(=O)O)CC(=O)O[C@H](C)[C@H](C)CCC=C1C. The molecule has 0 bridgehead atoms. The molecular formula is C21H35NO6S. The molecule has 4 N–H and O–H groups in total. The average molecular weight is 430 g/mol. The highest BCUT2D eigenvalue weighted by Crippen LogP contribution is 2.30. The molecule has 29 heavy (non-hydrogen) atoms. The van der Waals surface area contributed by atoms with E-state index in [1.165, 1.54) is 0 Å². The van der Waals surface area contributed by atoms with Gasteiger partial charge >= 0.3 is 11.9 Å². The first-order valence-corrected chi connectivity index (χ1v) is 10.9. The number of hydrogen-bond acceptors (Lipinski definition) is 7. The highest BCUT2D eigenvalue weighted by molar-refractivity contribution is 8.00. The van der Waals surface area contributed by atoms with E-state index in [1.54, 1.807) is 26.2 Å². The van der Waals surface area contributed by atoms with Crippen LogP contribution in [0, 0.1) is 5.92 Å². The predicted molar refractivity (Wildman–Crippen MR) is 115 cm³/mol. The number of carbonyl (C=O) groups is 2. The number of aliphatic carboxylic acids is 1. The number of cyclic esters (lactones) is 1. The number of carbonyl (C=O) groups excluding carboxylic acids is 1. The monoisotopic (exact) mass is 429 g/mol. The molecule has 0 amide bonds. The Labute approximate surface area is 177 Å². The lowest BCUT2D eigenvalue weighted by Gasteiger charge is -2.31. The van der Waals surface area contributed by atoms with Crippen LogP contribution in [-0.4, -0.2) is 64.1 Å². The molecule has 0 aromatic rings. The van der Waals surface area contributed by atoms with Crippen molar-refractivity contribution in [3.63, 3.8) is 0 Å². The Bertz CT molecular complexity index is 618. The zero-order valence-electron chi connectivity index (χ0n) is 18.0. The molecule has 0 aliphatic carbocycles. The van der Waals surface area contributed by atoms with Gasteiger partial charge in [-0.2, -0.15) is 11.8 Å². The van der Waals surface area contributed by atoms with Crippen molar-refractivity contribution in [3.8, 4) is 0 Å². The van der Waals surface area contributed by atoms with Crippen LogP contribution in [0.4, 0.5) is 0 Å². The summed E-state index contributed by atoms with van der Waals surface area (Å²) in [7, 11) is 1.60. The van der Waals surface area contributed by atoms with E-state index < -0.39 is 28.8 Å². The van der Waals surface area contributed by atoms with Crippen LogP contribution in [0.15, 0.2) is 23.8 Å². The number of esters is 1. The van der Waals surface area contributed by atoms with Gasteiger partial charge < -0.3 is 25.4 Å². The van der Waals surface area contributed by atoms with Gasteiger partial charge in [-0.3, -0.25) is 9.59 Å². The molecule has 0 aromatic heterocycles. The second kappa shape index (κ2) is 11.7. The number of carboxylic acid groups (broad SMARTS) is 1. The van der Waals surface area contributed by atoms with Crippen LogP contribution in [0.5, 0.6) is 0 Å². The third-order valence-corrected chi connectivity index (χ3v) is 6.91. The molecule has 1 heterocycles. The lowest BCUT2D eigenvalue weighted by Crippen LogP contribution is -2.40. The summed E-state index contributed by atoms with van der Waals surface area (Å²) in [5, 5.41) is 19.5. The van der Waals surface area contributed by atoms with E-state index in [2.05, 4.69) is 6.08 Å². The van der Waals surface area contributed by atoms with Crippen molar-refractivity contribution in [2.45, 2.75) is 76.1 Å². The molecule has 1 aliphatic rings. The minimum Gasteiger partial charge on any atom is -0.480 e. The van der Waals surface area contributed by atoms with Crippen LogP contribution in [0.3, 0.4) is 0 Å². The Morgan fingerprint density at radius 2 is 2.14 bits per heavy atom. The minimum atomic E-state index is -1.39. The van der Waals surface area contributed by atoms with E-state index in [1.807, 2.05) is 20.8 Å². The lowest BCUT2D eigenvalue weighted by molar-refractivity contribution is -0.151. The number of ether oxygens (including phenoxy) is 2. The van der Waals surface area contributed by atoms with E-state index in [0.717, 1.165) is 30.2 Å². The molecule has 166 valence electrons. The van der Waals surface area contributed by atoms with Gasteiger partial charge in [0.05, 0.1) is 18.1 Å². The standard InChI is InChI=1S/C21H35NO6S/c1-13-7-6-8-14(2)17(27-5)9-10-21(4,26)18(11-19(23)28-15(13)3)29-12-16(22)20(24)25/h8-10,13,15-18,26H,6-7,11-12,22H2,1-5H3,(H,24,25)/b10-9+,14-8?/t13-,15-,16+,17+,18-,21-/m1/s1. The van der Waals surface area contributed by atoms with Crippen LogP contribution >= 0.6 is 11.8 Å². The van der Waals surface area contributed by atoms with Crippen LogP contribution in [-0.2, 0) is 19.1 Å². The molecule has 0 aromatic carbocycles. The third-order valence-electron chi connectivity index (χ3n) is 5.32. The molecule has 7 nitrogen and oxygen atoms in total. The quantitative estimate of drug-likeness (QED) is 0.451. The van der Waals surface area contributed by atoms with E-state index in [4.69, 9.17) is 20.3 Å². The Hall–Kier alpha value is -1.35. The maximum atomic E-state index is 12.5. The van der Waals surface area contributed by atoms with E-state index in [-0.39, 0.29) is 30.3 Å². The molecule has 0 radical (unpaired) electrons. The summed E-state index contributed by atoms with van der Waals surface area (Å²) >= 11 is 1.15. The molecule has 8 heteroatoms. The molecule has 0 spiro atoms. The second-order valence-corrected chi connectivity index (χ2v) is 9.15. The van der Waals surface area contributed by atoms with Crippen LogP contribution < -0.4 is 5.73 Å². The molecular weight excluding hydrogens is 394 g/mol.